The lowest BCUT2D eigenvalue weighted by Crippen LogP contribution is -2.46. The zero-order chi connectivity index (χ0) is 10.5. The first-order chi connectivity index (χ1) is 7.22. The summed E-state index contributed by atoms with van der Waals surface area (Å²) in [6.45, 7) is 2.19. The molecule has 4 rings (SSSR count). The van der Waals surface area contributed by atoms with Gasteiger partial charge in [0.15, 0.2) is 0 Å². The number of nitrogens with zero attached hydrogens (tertiary/aromatic N) is 1. The molecule has 4 saturated carbocycles. The average Bonchev–Trinajstić information content (AvgIpc) is 2.15. The van der Waals surface area contributed by atoms with E-state index in [0.29, 0.717) is 5.41 Å². The van der Waals surface area contributed by atoms with Gasteiger partial charge in [-0.15, -0.1) is 0 Å². The highest BCUT2D eigenvalue weighted by molar-refractivity contribution is 5.23. The summed E-state index contributed by atoms with van der Waals surface area (Å²) in [6.07, 6.45) is 10.4. The Hall–Kier alpha value is -0.770. The third-order valence-electron chi connectivity index (χ3n) is 5.16. The van der Waals surface area contributed by atoms with Crippen LogP contribution in [-0.2, 0) is 0 Å². The zero-order valence-electron chi connectivity index (χ0n) is 9.50. The highest BCUT2D eigenvalue weighted by atomic mass is 14.6. The molecule has 15 heavy (non-hydrogen) atoms. The quantitative estimate of drug-likeness (QED) is 0.594. The van der Waals surface area contributed by atoms with E-state index in [0.717, 1.165) is 17.8 Å². The van der Waals surface area contributed by atoms with E-state index in [1.165, 1.54) is 44.1 Å². The largest absolute Gasteiger partial charge is 0.193 e. The number of hydrogen-bond donors (Lipinski definition) is 0. The van der Waals surface area contributed by atoms with Crippen molar-refractivity contribution < 1.29 is 0 Å². The van der Waals surface area contributed by atoms with Crippen molar-refractivity contribution in [1.29, 1.82) is 5.26 Å². The molecule has 1 nitrogen and oxygen atoms in total. The Bertz CT molecular complexity index is 310. The molecule has 1 heteroatoms. The maximum absolute atomic E-state index is 8.81. The standard InChI is InChI=1S/C14H19N/c1-10(2-3-15)14-7-11-4-12(8-14)6-13(5-11)9-14/h2,11-13H,4-9H2,1H3. The maximum atomic E-state index is 8.81. The fraction of sp³-hybridized carbons (Fsp3) is 0.786. The molecule has 0 aromatic carbocycles. The highest BCUT2D eigenvalue weighted by Crippen LogP contribution is 2.62. The van der Waals surface area contributed by atoms with E-state index in [1.807, 2.05) is 6.08 Å². The van der Waals surface area contributed by atoms with Crippen molar-refractivity contribution in [3.05, 3.63) is 11.6 Å². The van der Waals surface area contributed by atoms with Gasteiger partial charge in [-0.25, -0.2) is 0 Å². The van der Waals surface area contributed by atoms with Crippen LogP contribution in [0.1, 0.15) is 45.4 Å². The molecule has 4 fully saturated rings. The van der Waals surface area contributed by atoms with E-state index < -0.39 is 0 Å². The molecular formula is C14H19N. The van der Waals surface area contributed by atoms with Crippen LogP contribution in [0.2, 0.25) is 0 Å². The van der Waals surface area contributed by atoms with Gasteiger partial charge in [0.2, 0.25) is 0 Å². The van der Waals surface area contributed by atoms with E-state index in [1.54, 1.807) is 0 Å². The van der Waals surface area contributed by atoms with Gasteiger partial charge in [-0.1, -0.05) is 5.57 Å². The molecule has 0 atom stereocenters. The maximum Gasteiger partial charge on any atom is 0.0911 e. The van der Waals surface area contributed by atoms with E-state index in [9.17, 15) is 0 Å². The van der Waals surface area contributed by atoms with Crippen LogP contribution in [0.15, 0.2) is 11.6 Å². The molecule has 80 valence electrons. The first-order valence-corrected chi connectivity index (χ1v) is 6.29. The van der Waals surface area contributed by atoms with Crippen molar-refractivity contribution in [2.75, 3.05) is 0 Å². The topological polar surface area (TPSA) is 23.8 Å². The molecule has 0 N–H and O–H groups in total. The summed E-state index contributed by atoms with van der Waals surface area (Å²) in [5, 5.41) is 8.81. The highest BCUT2D eigenvalue weighted by Gasteiger charge is 2.51. The number of allylic oxidation sites excluding steroid dienone is 2. The van der Waals surface area contributed by atoms with E-state index >= 15 is 0 Å². The van der Waals surface area contributed by atoms with Crippen LogP contribution >= 0.6 is 0 Å². The van der Waals surface area contributed by atoms with Crippen molar-refractivity contribution in [2.45, 2.75) is 45.4 Å². The van der Waals surface area contributed by atoms with Gasteiger partial charge < -0.3 is 0 Å². The summed E-state index contributed by atoms with van der Waals surface area (Å²) in [7, 11) is 0. The first-order valence-electron chi connectivity index (χ1n) is 6.29. The Labute approximate surface area is 92.2 Å². The van der Waals surface area contributed by atoms with Crippen LogP contribution in [0.5, 0.6) is 0 Å². The molecule has 0 heterocycles. The summed E-state index contributed by atoms with van der Waals surface area (Å²) in [5.41, 5.74) is 1.83. The number of rotatable bonds is 1. The molecule has 0 aliphatic heterocycles. The monoisotopic (exact) mass is 201 g/mol. The van der Waals surface area contributed by atoms with Crippen LogP contribution in [-0.4, -0.2) is 0 Å². The van der Waals surface area contributed by atoms with Gasteiger partial charge >= 0.3 is 0 Å². The Morgan fingerprint density at radius 3 is 2.00 bits per heavy atom. The Morgan fingerprint density at radius 1 is 1.13 bits per heavy atom. The van der Waals surface area contributed by atoms with Gasteiger partial charge in [0.05, 0.1) is 6.07 Å². The van der Waals surface area contributed by atoms with Gasteiger partial charge in [0, 0.05) is 6.08 Å². The molecule has 0 aromatic heterocycles. The second-order valence-corrected chi connectivity index (χ2v) is 6.15. The molecular weight excluding hydrogens is 182 g/mol. The van der Waals surface area contributed by atoms with Crippen LogP contribution in [0.4, 0.5) is 0 Å². The SMILES string of the molecule is CC(=CC#N)C12CC3CC(CC(C3)C1)C2. The second kappa shape index (κ2) is 3.11. The molecule has 0 unspecified atom stereocenters. The van der Waals surface area contributed by atoms with Gasteiger partial charge in [-0.2, -0.15) is 5.26 Å². The molecule has 4 aliphatic rings. The molecule has 0 saturated heterocycles. The van der Waals surface area contributed by atoms with Crippen LogP contribution < -0.4 is 0 Å². The van der Waals surface area contributed by atoms with E-state index in [-0.39, 0.29) is 0 Å². The minimum absolute atomic E-state index is 0.449. The third kappa shape index (κ3) is 1.34. The Morgan fingerprint density at radius 2 is 1.60 bits per heavy atom. The Balaban J connectivity index is 1.94. The third-order valence-corrected chi connectivity index (χ3v) is 5.16. The van der Waals surface area contributed by atoms with Crippen LogP contribution in [0.3, 0.4) is 0 Å². The predicted molar refractivity (Wildman–Crippen MR) is 60.0 cm³/mol. The minimum Gasteiger partial charge on any atom is -0.193 e. The molecule has 0 spiro atoms. The van der Waals surface area contributed by atoms with Crippen LogP contribution in [0, 0.1) is 34.5 Å². The van der Waals surface area contributed by atoms with E-state index in [2.05, 4.69) is 13.0 Å². The van der Waals surface area contributed by atoms with Crippen molar-refractivity contribution in [3.8, 4) is 6.07 Å². The normalized spacial score (nSPS) is 48.0. The molecule has 0 aromatic rings. The molecule has 0 amide bonds. The van der Waals surface area contributed by atoms with Crippen molar-refractivity contribution >= 4 is 0 Å². The lowest BCUT2D eigenvalue weighted by Gasteiger charge is -2.57. The summed E-state index contributed by atoms with van der Waals surface area (Å²) in [4.78, 5) is 0. The summed E-state index contributed by atoms with van der Waals surface area (Å²) in [5.74, 6) is 2.95. The zero-order valence-corrected chi connectivity index (χ0v) is 9.50. The Kier molecular flexibility index (Phi) is 1.96. The van der Waals surface area contributed by atoms with Gasteiger partial charge in [0.25, 0.3) is 0 Å². The molecule has 4 aliphatic carbocycles. The van der Waals surface area contributed by atoms with Gasteiger partial charge in [0.1, 0.15) is 0 Å². The summed E-state index contributed by atoms with van der Waals surface area (Å²) >= 11 is 0. The van der Waals surface area contributed by atoms with Crippen molar-refractivity contribution in [1.82, 2.24) is 0 Å². The first kappa shape index (κ1) is 9.46. The smallest absolute Gasteiger partial charge is 0.0911 e. The van der Waals surface area contributed by atoms with Crippen molar-refractivity contribution in [3.63, 3.8) is 0 Å². The molecule has 0 radical (unpaired) electrons. The van der Waals surface area contributed by atoms with E-state index in [4.69, 9.17) is 5.26 Å². The summed E-state index contributed by atoms with van der Waals surface area (Å²) in [6, 6.07) is 2.23. The lowest BCUT2D eigenvalue weighted by atomic mass is 9.48. The average molecular weight is 201 g/mol. The predicted octanol–water partition coefficient (Wildman–Crippen LogP) is 3.67. The number of hydrogen-bond acceptors (Lipinski definition) is 1. The fourth-order valence-electron chi connectivity index (χ4n) is 4.84. The lowest BCUT2D eigenvalue weighted by molar-refractivity contribution is -0.0303. The minimum atomic E-state index is 0.449. The second-order valence-electron chi connectivity index (χ2n) is 6.15. The molecule has 4 bridgehead atoms. The summed E-state index contributed by atoms with van der Waals surface area (Å²) < 4.78 is 0. The van der Waals surface area contributed by atoms with Gasteiger partial charge in [-0.05, 0) is 68.6 Å². The number of nitriles is 1. The fourth-order valence-corrected chi connectivity index (χ4v) is 4.84. The van der Waals surface area contributed by atoms with Crippen LogP contribution in [0.25, 0.3) is 0 Å². The van der Waals surface area contributed by atoms with Gasteiger partial charge in [-0.3, -0.25) is 0 Å². The van der Waals surface area contributed by atoms with Crippen molar-refractivity contribution in [2.24, 2.45) is 23.2 Å².